The molecule has 0 spiro atoms. The number of para-hydroxylation sites is 1. The van der Waals surface area contributed by atoms with Gasteiger partial charge in [0.1, 0.15) is 0 Å². The van der Waals surface area contributed by atoms with E-state index < -0.39 is 0 Å². The van der Waals surface area contributed by atoms with Gasteiger partial charge in [-0.2, -0.15) is 0 Å². The molecule has 0 N–H and O–H groups in total. The smallest absolute Gasteiger partial charge is 0.299 e. The van der Waals surface area contributed by atoms with Crippen LogP contribution in [0.25, 0.3) is 16.9 Å². The maximum absolute atomic E-state index is 10.5. The molecule has 0 saturated heterocycles. The largest absolute Gasteiger partial charge is 0.408 e. The van der Waals surface area contributed by atoms with Crippen LogP contribution in [0.1, 0.15) is 0 Å². The number of benzene rings is 2. The van der Waals surface area contributed by atoms with Gasteiger partial charge < -0.3 is 4.74 Å². The molecular weight excluding hydrogens is 252 g/mol. The van der Waals surface area contributed by atoms with Crippen molar-refractivity contribution in [2.75, 3.05) is 0 Å². The summed E-state index contributed by atoms with van der Waals surface area (Å²) in [6.07, 6.45) is 0. The number of carbonyl (C=O) groups excluding carboxylic acids is 1. The number of rotatable bonds is 4. The molecule has 2 aromatic carbocycles. The third kappa shape index (κ3) is 2.31. The number of nitrogens with zero attached hydrogens (tertiary/aromatic N) is 2. The van der Waals surface area contributed by atoms with Gasteiger partial charge in [-0.15, -0.1) is 5.10 Å². The van der Waals surface area contributed by atoms with Crippen LogP contribution in [0, 0.1) is 0 Å². The maximum Gasteiger partial charge on any atom is 0.299 e. The van der Waals surface area contributed by atoms with Crippen LogP contribution in [0.15, 0.2) is 66.7 Å². The Hall–Kier alpha value is -2.88. The first-order chi connectivity index (χ1) is 9.88. The minimum Gasteiger partial charge on any atom is -0.408 e. The molecule has 0 fully saturated rings. The van der Waals surface area contributed by atoms with Crippen molar-refractivity contribution in [2.45, 2.75) is 0 Å². The van der Waals surface area contributed by atoms with Gasteiger partial charge in [0.25, 0.3) is 6.47 Å². The van der Waals surface area contributed by atoms with E-state index in [2.05, 4.69) is 5.10 Å². The minimum absolute atomic E-state index is 0.280. The highest BCUT2D eigenvalue weighted by atomic mass is 16.5. The minimum atomic E-state index is 0.280. The zero-order valence-corrected chi connectivity index (χ0v) is 10.6. The summed E-state index contributed by atoms with van der Waals surface area (Å²) in [5, 5.41) is 4.31. The molecule has 0 bridgehead atoms. The molecule has 98 valence electrons. The highest BCUT2D eigenvalue weighted by molar-refractivity contribution is 5.64. The van der Waals surface area contributed by atoms with Gasteiger partial charge in [0.15, 0.2) is 0 Å². The lowest BCUT2D eigenvalue weighted by molar-refractivity contribution is -0.120. The van der Waals surface area contributed by atoms with E-state index in [1.807, 2.05) is 60.7 Å². The predicted molar refractivity (Wildman–Crippen MR) is 75.7 cm³/mol. The fourth-order valence-corrected chi connectivity index (χ4v) is 2.05. The third-order valence-corrected chi connectivity index (χ3v) is 2.93. The highest BCUT2D eigenvalue weighted by Gasteiger charge is 2.12. The fraction of sp³-hybridized carbons (Fsp3) is 0. The summed E-state index contributed by atoms with van der Waals surface area (Å²) >= 11 is 0. The summed E-state index contributed by atoms with van der Waals surface area (Å²) in [6, 6.07) is 21.3. The lowest BCUT2D eigenvalue weighted by atomic mass is 10.1. The molecule has 0 saturated carbocycles. The van der Waals surface area contributed by atoms with Crippen LogP contribution in [-0.2, 0) is 4.79 Å². The Labute approximate surface area is 116 Å². The summed E-state index contributed by atoms with van der Waals surface area (Å²) in [7, 11) is 0. The maximum atomic E-state index is 10.5. The van der Waals surface area contributed by atoms with Crippen molar-refractivity contribution in [3.63, 3.8) is 0 Å². The van der Waals surface area contributed by atoms with E-state index >= 15 is 0 Å². The van der Waals surface area contributed by atoms with Crippen LogP contribution in [0.3, 0.4) is 0 Å². The number of carbonyl (C=O) groups is 1. The average molecular weight is 264 g/mol. The molecule has 0 aliphatic carbocycles. The molecule has 0 atom stereocenters. The molecule has 0 radical (unpaired) electrons. The van der Waals surface area contributed by atoms with Gasteiger partial charge in [0.2, 0.25) is 5.88 Å². The molecule has 4 nitrogen and oxygen atoms in total. The molecule has 4 heteroatoms. The second kappa shape index (κ2) is 5.40. The van der Waals surface area contributed by atoms with Crippen LogP contribution in [0.5, 0.6) is 5.88 Å². The second-order valence-corrected chi connectivity index (χ2v) is 4.20. The van der Waals surface area contributed by atoms with Gasteiger partial charge in [-0.25, -0.2) is 4.68 Å². The van der Waals surface area contributed by atoms with Gasteiger partial charge in [-0.05, 0) is 12.1 Å². The third-order valence-electron chi connectivity index (χ3n) is 2.93. The molecule has 1 heterocycles. The first-order valence-corrected chi connectivity index (χ1v) is 6.20. The van der Waals surface area contributed by atoms with E-state index in [-0.39, 0.29) is 5.88 Å². The first-order valence-electron chi connectivity index (χ1n) is 6.20. The Morgan fingerprint density at radius 3 is 2.25 bits per heavy atom. The zero-order chi connectivity index (χ0) is 13.8. The Morgan fingerprint density at radius 1 is 0.950 bits per heavy atom. The van der Waals surface area contributed by atoms with Gasteiger partial charge in [-0.1, -0.05) is 48.5 Å². The molecule has 3 rings (SSSR count). The van der Waals surface area contributed by atoms with E-state index in [0.29, 0.717) is 6.47 Å². The van der Waals surface area contributed by atoms with E-state index in [1.165, 1.54) is 0 Å². The van der Waals surface area contributed by atoms with Crippen LogP contribution in [0.2, 0.25) is 0 Å². The normalized spacial score (nSPS) is 10.2. The van der Waals surface area contributed by atoms with E-state index in [9.17, 15) is 4.79 Å². The van der Waals surface area contributed by atoms with Gasteiger partial charge in [-0.3, -0.25) is 4.79 Å². The summed E-state index contributed by atoms with van der Waals surface area (Å²) < 4.78 is 6.62. The van der Waals surface area contributed by atoms with Crippen molar-refractivity contribution in [3.05, 3.63) is 66.7 Å². The lowest BCUT2D eigenvalue weighted by Crippen LogP contribution is -1.99. The van der Waals surface area contributed by atoms with Crippen molar-refractivity contribution < 1.29 is 9.53 Å². The van der Waals surface area contributed by atoms with Gasteiger partial charge >= 0.3 is 0 Å². The number of hydrogen-bond donors (Lipinski definition) is 0. The molecule has 0 aliphatic heterocycles. The van der Waals surface area contributed by atoms with Crippen LogP contribution < -0.4 is 4.74 Å². The van der Waals surface area contributed by atoms with Crippen LogP contribution in [0.4, 0.5) is 0 Å². The lowest BCUT2D eigenvalue weighted by Gasteiger charge is -2.06. The first kappa shape index (κ1) is 12.2. The Balaban J connectivity index is 2.15. The van der Waals surface area contributed by atoms with Crippen molar-refractivity contribution in [1.29, 1.82) is 0 Å². The van der Waals surface area contributed by atoms with Gasteiger partial charge in [0, 0.05) is 11.6 Å². The molecule has 0 aliphatic rings. The molecule has 20 heavy (non-hydrogen) atoms. The second-order valence-electron chi connectivity index (χ2n) is 4.20. The van der Waals surface area contributed by atoms with Crippen LogP contribution in [-0.4, -0.2) is 16.3 Å². The summed E-state index contributed by atoms with van der Waals surface area (Å²) in [5.41, 5.74) is 2.78. The Bertz CT molecular complexity index is 649. The van der Waals surface area contributed by atoms with E-state index in [0.717, 1.165) is 16.9 Å². The van der Waals surface area contributed by atoms with Crippen molar-refractivity contribution >= 4 is 6.47 Å². The summed E-state index contributed by atoms with van der Waals surface area (Å²) in [5.74, 6) is 0.280. The molecule has 3 aromatic rings. The fourth-order valence-electron chi connectivity index (χ4n) is 2.05. The predicted octanol–water partition coefficient (Wildman–Crippen LogP) is 3.07. The molecular formula is C16H12N2O2. The summed E-state index contributed by atoms with van der Waals surface area (Å²) in [6.45, 7) is 0.381. The molecule has 1 aromatic heterocycles. The van der Waals surface area contributed by atoms with Crippen molar-refractivity contribution in [3.8, 4) is 22.8 Å². The molecule has 0 amide bonds. The number of ether oxygens (including phenoxy) is 1. The topological polar surface area (TPSA) is 44.1 Å². The van der Waals surface area contributed by atoms with Gasteiger partial charge in [0.05, 0.1) is 11.4 Å². The average Bonchev–Trinajstić information content (AvgIpc) is 2.93. The zero-order valence-electron chi connectivity index (χ0n) is 10.6. The quantitative estimate of drug-likeness (QED) is 0.680. The highest BCUT2D eigenvalue weighted by Crippen LogP contribution is 2.26. The van der Waals surface area contributed by atoms with Crippen molar-refractivity contribution in [1.82, 2.24) is 9.78 Å². The monoisotopic (exact) mass is 264 g/mol. The van der Waals surface area contributed by atoms with E-state index in [1.54, 1.807) is 10.7 Å². The number of hydrogen-bond acceptors (Lipinski definition) is 3. The number of aromatic nitrogens is 2. The SMILES string of the molecule is O=COc1cc(-c2ccccc2)n(-c2ccccc2)n1. The summed E-state index contributed by atoms with van der Waals surface area (Å²) in [4.78, 5) is 10.5. The Kier molecular flexibility index (Phi) is 3.29. The van der Waals surface area contributed by atoms with Crippen LogP contribution >= 0.6 is 0 Å². The van der Waals surface area contributed by atoms with Crippen molar-refractivity contribution in [2.24, 2.45) is 0 Å². The standard InChI is InChI=1S/C16H12N2O2/c19-12-20-16-11-15(13-7-3-1-4-8-13)18(17-16)14-9-5-2-6-10-14/h1-12H. The molecule has 0 unspecified atom stereocenters. The van der Waals surface area contributed by atoms with E-state index in [4.69, 9.17) is 4.74 Å². The Morgan fingerprint density at radius 2 is 1.60 bits per heavy atom.